The number of rotatable bonds is 6. The Morgan fingerprint density at radius 2 is 2.42 bits per heavy atom. The van der Waals surface area contributed by atoms with E-state index >= 15 is 0 Å². The minimum absolute atomic E-state index is 0.107. The first kappa shape index (κ1) is 13.4. The number of hydrogen-bond acceptors (Lipinski definition) is 6. The average molecular weight is 279 g/mol. The number of aryl methyl sites for hydroxylation is 1. The lowest BCUT2D eigenvalue weighted by Crippen LogP contribution is -2.24. The minimum Gasteiger partial charge on any atom is -0.469 e. The highest BCUT2D eigenvalue weighted by Crippen LogP contribution is 2.25. The van der Waals surface area contributed by atoms with Crippen LogP contribution in [-0.2, 0) is 4.79 Å². The lowest BCUT2D eigenvalue weighted by molar-refractivity contribution is -0.118. The molecule has 100 valence electrons. The number of carbonyl (C=O) groups excluding carboxylic acids is 1. The van der Waals surface area contributed by atoms with Crippen LogP contribution in [0.2, 0.25) is 0 Å². The number of carbonyl (C=O) groups is 1. The van der Waals surface area contributed by atoms with Gasteiger partial charge in [-0.3, -0.25) is 4.79 Å². The monoisotopic (exact) mass is 279 g/mol. The van der Waals surface area contributed by atoms with E-state index < -0.39 is 0 Å². The van der Waals surface area contributed by atoms with Crippen molar-refractivity contribution in [2.24, 2.45) is 0 Å². The van der Waals surface area contributed by atoms with Crippen LogP contribution in [0.3, 0.4) is 0 Å². The molecule has 0 aliphatic rings. The molecule has 0 aliphatic heterocycles. The summed E-state index contributed by atoms with van der Waals surface area (Å²) in [6.07, 6.45) is 3.18. The average Bonchev–Trinajstić information content (AvgIpc) is 3.02. The molecule has 0 spiro atoms. The van der Waals surface area contributed by atoms with Crippen LogP contribution in [0.15, 0.2) is 39.0 Å². The largest absolute Gasteiger partial charge is 0.469 e. The van der Waals surface area contributed by atoms with Gasteiger partial charge in [0.25, 0.3) is 11.1 Å². The van der Waals surface area contributed by atoms with E-state index in [-0.39, 0.29) is 11.7 Å². The van der Waals surface area contributed by atoms with Crippen LogP contribution >= 0.6 is 11.8 Å². The van der Waals surface area contributed by atoms with Crippen LogP contribution < -0.4 is 5.32 Å². The van der Waals surface area contributed by atoms with Crippen molar-refractivity contribution in [3.8, 4) is 11.5 Å². The first-order valence-corrected chi connectivity index (χ1v) is 6.57. The molecule has 2 aromatic rings. The van der Waals surface area contributed by atoms with Gasteiger partial charge in [-0.1, -0.05) is 17.8 Å². The molecule has 6 nitrogen and oxygen atoms in total. The Balaban J connectivity index is 1.93. The number of hydrogen-bond donors (Lipinski definition) is 1. The molecular formula is C12H13N3O3S. The molecule has 7 heteroatoms. The lowest BCUT2D eigenvalue weighted by atomic mass is 10.3. The van der Waals surface area contributed by atoms with Crippen LogP contribution in [0.4, 0.5) is 0 Å². The molecule has 0 atom stereocenters. The van der Waals surface area contributed by atoms with Crippen molar-refractivity contribution < 1.29 is 13.6 Å². The fourth-order valence-corrected chi connectivity index (χ4v) is 1.94. The SMILES string of the molecule is C=CCNC(=O)CSc1nnc(-c2ccoc2C)o1. The molecule has 1 N–H and O–H groups in total. The Labute approximate surface area is 114 Å². The second-order valence-corrected chi connectivity index (χ2v) is 4.57. The number of amides is 1. The fraction of sp³-hybridized carbons (Fsp3) is 0.250. The predicted octanol–water partition coefficient (Wildman–Crippen LogP) is 2.03. The topological polar surface area (TPSA) is 81.2 Å². The van der Waals surface area contributed by atoms with Gasteiger partial charge in [0.2, 0.25) is 5.91 Å². The van der Waals surface area contributed by atoms with Crippen LogP contribution in [0, 0.1) is 6.92 Å². The van der Waals surface area contributed by atoms with Crippen molar-refractivity contribution in [3.05, 3.63) is 30.7 Å². The predicted molar refractivity (Wildman–Crippen MR) is 70.7 cm³/mol. The van der Waals surface area contributed by atoms with Crippen LogP contribution in [0.25, 0.3) is 11.5 Å². The molecule has 0 bridgehead atoms. The Kier molecular flexibility index (Phi) is 4.40. The van der Waals surface area contributed by atoms with Gasteiger partial charge in [0.15, 0.2) is 0 Å². The summed E-state index contributed by atoms with van der Waals surface area (Å²) < 4.78 is 10.6. The van der Waals surface area contributed by atoms with E-state index in [0.717, 1.165) is 5.56 Å². The van der Waals surface area contributed by atoms with Crippen molar-refractivity contribution in [2.45, 2.75) is 12.1 Å². The third-order valence-electron chi connectivity index (χ3n) is 2.27. The van der Waals surface area contributed by atoms with Gasteiger partial charge in [-0.2, -0.15) is 0 Å². The highest BCUT2D eigenvalue weighted by Gasteiger charge is 2.14. The van der Waals surface area contributed by atoms with Crippen molar-refractivity contribution in [2.75, 3.05) is 12.3 Å². The minimum atomic E-state index is -0.107. The van der Waals surface area contributed by atoms with Gasteiger partial charge in [0.1, 0.15) is 5.76 Å². The normalized spacial score (nSPS) is 10.4. The summed E-state index contributed by atoms with van der Waals surface area (Å²) in [5.74, 6) is 1.22. The van der Waals surface area contributed by atoms with Gasteiger partial charge in [0.05, 0.1) is 17.6 Å². The Bertz CT molecular complexity index is 576. The summed E-state index contributed by atoms with van der Waals surface area (Å²) >= 11 is 1.19. The summed E-state index contributed by atoms with van der Waals surface area (Å²) in [5, 5.41) is 10.8. The maximum Gasteiger partial charge on any atom is 0.277 e. The molecule has 0 saturated heterocycles. The van der Waals surface area contributed by atoms with Crippen LogP contribution in [-0.4, -0.2) is 28.4 Å². The highest BCUT2D eigenvalue weighted by atomic mass is 32.2. The maximum atomic E-state index is 11.4. The van der Waals surface area contributed by atoms with Crippen molar-refractivity contribution in [1.29, 1.82) is 0 Å². The summed E-state index contributed by atoms with van der Waals surface area (Å²) in [4.78, 5) is 11.4. The molecule has 0 saturated carbocycles. The Morgan fingerprint density at radius 1 is 1.58 bits per heavy atom. The zero-order valence-electron chi connectivity index (χ0n) is 10.4. The molecule has 0 aromatic carbocycles. The zero-order valence-corrected chi connectivity index (χ0v) is 11.2. The van der Waals surface area contributed by atoms with Crippen molar-refractivity contribution in [3.63, 3.8) is 0 Å². The maximum absolute atomic E-state index is 11.4. The van der Waals surface area contributed by atoms with E-state index in [9.17, 15) is 4.79 Å². The van der Waals surface area contributed by atoms with E-state index in [1.165, 1.54) is 11.8 Å². The second kappa shape index (κ2) is 6.24. The van der Waals surface area contributed by atoms with Crippen molar-refractivity contribution >= 4 is 17.7 Å². The van der Waals surface area contributed by atoms with Gasteiger partial charge in [-0.15, -0.1) is 16.8 Å². The van der Waals surface area contributed by atoms with Gasteiger partial charge >= 0.3 is 0 Å². The number of thioether (sulfide) groups is 1. The molecule has 0 unspecified atom stereocenters. The standard InChI is InChI=1S/C12H13N3O3S/c1-3-5-13-10(16)7-19-12-15-14-11(18-12)9-4-6-17-8(9)2/h3-4,6H,1,5,7H2,2H3,(H,13,16). The smallest absolute Gasteiger partial charge is 0.277 e. The lowest BCUT2D eigenvalue weighted by Gasteiger charge is -1.98. The van der Waals surface area contributed by atoms with Crippen LogP contribution in [0.5, 0.6) is 0 Å². The third kappa shape index (κ3) is 3.47. The zero-order chi connectivity index (χ0) is 13.7. The number of furan rings is 1. The molecule has 0 fully saturated rings. The van der Waals surface area contributed by atoms with E-state index in [1.807, 2.05) is 6.92 Å². The molecule has 19 heavy (non-hydrogen) atoms. The van der Waals surface area contributed by atoms with Gasteiger partial charge in [-0.05, 0) is 13.0 Å². The van der Waals surface area contributed by atoms with E-state index in [2.05, 4.69) is 22.1 Å². The van der Waals surface area contributed by atoms with Gasteiger partial charge in [0, 0.05) is 6.54 Å². The molecule has 2 heterocycles. The first-order valence-electron chi connectivity index (χ1n) is 5.59. The summed E-state index contributed by atoms with van der Waals surface area (Å²) in [6.45, 7) is 5.78. The van der Waals surface area contributed by atoms with Gasteiger partial charge < -0.3 is 14.2 Å². The number of nitrogens with one attached hydrogen (secondary N) is 1. The molecule has 1 amide bonds. The molecule has 0 aliphatic carbocycles. The molecule has 2 rings (SSSR count). The van der Waals surface area contributed by atoms with Gasteiger partial charge in [-0.25, -0.2) is 0 Å². The first-order chi connectivity index (χ1) is 9.20. The Morgan fingerprint density at radius 3 is 3.11 bits per heavy atom. The quantitative estimate of drug-likeness (QED) is 0.643. The van der Waals surface area contributed by atoms with E-state index in [0.29, 0.717) is 23.4 Å². The molecule has 2 aromatic heterocycles. The number of aromatic nitrogens is 2. The molecule has 0 radical (unpaired) electrons. The van der Waals surface area contributed by atoms with E-state index in [1.54, 1.807) is 18.4 Å². The molecular weight excluding hydrogens is 266 g/mol. The highest BCUT2D eigenvalue weighted by molar-refractivity contribution is 7.99. The number of nitrogens with zero attached hydrogens (tertiary/aromatic N) is 2. The second-order valence-electron chi connectivity index (χ2n) is 3.65. The Hall–Kier alpha value is -2.02. The summed E-state index contributed by atoms with van der Waals surface area (Å²) in [7, 11) is 0. The van der Waals surface area contributed by atoms with Crippen molar-refractivity contribution in [1.82, 2.24) is 15.5 Å². The third-order valence-corrected chi connectivity index (χ3v) is 3.08. The fourth-order valence-electron chi connectivity index (χ4n) is 1.35. The van der Waals surface area contributed by atoms with Crippen LogP contribution in [0.1, 0.15) is 5.76 Å². The summed E-state index contributed by atoms with van der Waals surface area (Å²) in [5.41, 5.74) is 0.760. The summed E-state index contributed by atoms with van der Waals surface area (Å²) in [6, 6.07) is 1.76. The van der Waals surface area contributed by atoms with E-state index in [4.69, 9.17) is 8.83 Å².